The lowest BCUT2D eigenvalue weighted by molar-refractivity contribution is -0.137. The number of amides is 3. The average Bonchev–Trinajstić information content (AvgIpc) is 3.02. The van der Waals surface area contributed by atoms with E-state index in [2.05, 4.69) is 17.2 Å². The summed E-state index contributed by atoms with van der Waals surface area (Å²) in [6.45, 7) is 10.3. The van der Waals surface area contributed by atoms with Crippen LogP contribution in [0.25, 0.3) is 0 Å². The van der Waals surface area contributed by atoms with E-state index < -0.39 is 17.4 Å². The van der Waals surface area contributed by atoms with Crippen LogP contribution in [0.1, 0.15) is 79.6 Å². The number of imide groups is 1. The molecule has 2 rings (SSSR count). The first-order valence-corrected chi connectivity index (χ1v) is 11.6. The van der Waals surface area contributed by atoms with Gasteiger partial charge in [0.15, 0.2) is 0 Å². The molecule has 0 aromatic carbocycles. The van der Waals surface area contributed by atoms with Gasteiger partial charge in [-0.25, -0.2) is 0 Å². The van der Waals surface area contributed by atoms with Crippen LogP contribution >= 0.6 is 0 Å². The molecule has 3 amide bonds. The highest BCUT2D eigenvalue weighted by Crippen LogP contribution is 2.32. The number of ether oxygens (including phenoxy) is 1. The van der Waals surface area contributed by atoms with E-state index in [0.717, 1.165) is 12.8 Å². The van der Waals surface area contributed by atoms with E-state index in [4.69, 9.17) is 4.74 Å². The van der Waals surface area contributed by atoms with E-state index in [1.54, 1.807) is 0 Å². The minimum Gasteiger partial charge on any atom is -0.375 e. The van der Waals surface area contributed by atoms with Crippen molar-refractivity contribution in [3.05, 3.63) is 12.2 Å². The lowest BCUT2D eigenvalue weighted by Crippen LogP contribution is -2.41. The molecule has 1 heterocycles. The number of nitrogens with one attached hydrogen (secondary N) is 1. The summed E-state index contributed by atoms with van der Waals surface area (Å²) in [4.78, 5) is 34.6. The zero-order valence-corrected chi connectivity index (χ0v) is 20.5. The van der Waals surface area contributed by atoms with Crippen LogP contribution in [-0.4, -0.2) is 53.3 Å². The predicted octanol–water partition coefficient (Wildman–Crippen LogP) is 4.24. The molecule has 0 bridgehead atoms. The van der Waals surface area contributed by atoms with E-state index in [0.29, 0.717) is 51.7 Å². The van der Waals surface area contributed by atoms with Crippen molar-refractivity contribution in [3.63, 3.8) is 0 Å². The molecule has 8 heteroatoms. The second-order valence-corrected chi connectivity index (χ2v) is 9.69. The van der Waals surface area contributed by atoms with Crippen LogP contribution in [0.2, 0.25) is 0 Å². The molecule has 0 radical (unpaired) electrons. The fourth-order valence-corrected chi connectivity index (χ4v) is 3.45. The molecule has 6 nitrogen and oxygen atoms in total. The Kier molecular flexibility index (Phi) is 11.2. The van der Waals surface area contributed by atoms with Gasteiger partial charge in [0.25, 0.3) is 11.8 Å². The smallest absolute Gasteiger partial charge is 0.310 e. The first kappa shape index (κ1) is 28.8. The van der Waals surface area contributed by atoms with Crippen molar-refractivity contribution in [3.8, 4) is 11.8 Å². The molecular weight excluding hydrogens is 430 g/mol. The van der Waals surface area contributed by atoms with E-state index >= 15 is 0 Å². The van der Waals surface area contributed by atoms with Crippen molar-refractivity contribution in [1.82, 2.24) is 10.2 Å². The Morgan fingerprint density at radius 2 is 1.82 bits per heavy atom. The summed E-state index contributed by atoms with van der Waals surface area (Å²) in [7, 11) is 0. The summed E-state index contributed by atoms with van der Waals surface area (Å²) < 4.78 is 32.1. The van der Waals surface area contributed by atoms with Crippen LogP contribution in [0.3, 0.4) is 0 Å². The van der Waals surface area contributed by atoms with Gasteiger partial charge in [-0.05, 0) is 65.7 Å². The van der Waals surface area contributed by atoms with Crippen LogP contribution in [0, 0.1) is 17.8 Å². The van der Waals surface area contributed by atoms with Gasteiger partial charge in [0.2, 0.25) is 6.41 Å². The molecule has 1 atom stereocenters. The van der Waals surface area contributed by atoms with Crippen LogP contribution in [0.5, 0.6) is 0 Å². The van der Waals surface area contributed by atoms with Gasteiger partial charge >= 0.3 is 5.92 Å². The maximum atomic E-state index is 13.1. The third kappa shape index (κ3) is 10.5. The van der Waals surface area contributed by atoms with E-state index in [-0.39, 0.29) is 17.4 Å². The average molecular weight is 469 g/mol. The zero-order chi connectivity index (χ0) is 25.1. The molecule has 1 unspecified atom stereocenters. The van der Waals surface area contributed by atoms with Gasteiger partial charge in [0, 0.05) is 43.2 Å². The molecule has 0 spiro atoms. The lowest BCUT2D eigenvalue weighted by Gasteiger charge is -2.30. The lowest BCUT2D eigenvalue weighted by atomic mass is 9.91. The Hall–Kier alpha value is -2.27. The fourth-order valence-electron chi connectivity index (χ4n) is 3.45. The number of hydrogen-bond acceptors (Lipinski definition) is 4. The Morgan fingerprint density at radius 3 is 2.39 bits per heavy atom. The summed E-state index contributed by atoms with van der Waals surface area (Å²) >= 11 is 0. The van der Waals surface area contributed by atoms with Gasteiger partial charge in [-0.2, -0.15) is 8.78 Å². The number of halogens is 2. The molecule has 1 aliphatic heterocycles. The summed E-state index contributed by atoms with van der Waals surface area (Å²) in [6, 6.07) is 0. The van der Waals surface area contributed by atoms with Gasteiger partial charge in [-0.15, -0.1) is 0 Å². The molecule has 2 aliphatic rings. The summed E-state index contributed by atoms with van der Waals surface area (Å²) in [5.74, 6) is 0.814. The van der Waals surface area contributed by atoms with Crippen LogP contribution in [0.15, 0.2) is 12.2 Å². The van der Waals surface area contributed by atoms with E-state index in [1.807, 2.05) is 34.6 Å². The van der Waals surface area contributed by atoms with Crippen molar-refractivity contribution < 1.29 is 27.9 Å². The predicted molar refractivity (Wildman–Crippen MR) is 123 cm³/mol. The molecule has 1 aliphatic carbocycles. The minimum atomic E-state index is -2.74. The van der Waals surface area contributed by atoms with Gasteiger partial charge in [0.1, 0.15) is 0 Å². The molecule has 0 saturated carbocycles. The Balaban J connectivity index is 0.000000383. The van der Waals surface area contributed by atoms with E-state index in [9.17, 15) is 23.2 Å². The largest absolute Gasteiger partial charge is 0.375 e. The van der Waals surface area contributed by atoms with Crippen LogP contribution < -0.4 is 5.32 Å². The highest BCUT2D eigenvalue weighted by atomic mass is 19.3. The standard InChI is InChI=1S/C15H24N2O4.C10H14F2/c1-14(2,16-11-18)8-10-21-15(3,4)7-9-17-12(19)5-6-13(17)20;1-2-9-7-5-3-4-6-8-10(9,11)12/h5-6,11H,7-10H2,1-4H3,(H,16,18);9H,2-5,7H2,1H3. The number of hydrogen-bond donors (Lipinski definition) is 1. The Bertz CT molecular complexity index is 748. The third-order valence-corrected chi connectivity index (χ3v) is 5.87. The topological polar surface area (TPSA) is 75.7 Å². The molecule has 33 heavy (non-hydrogen) atoms. The second kappa shape index (κ2) is 12.8. The highest BCUT2D eigenvalue weighted by Gasteiger charge is 2.36. The quantitative estimate of drug-likeness (QED) is 0.296. The second-order valence-electron chi connectivity index (χ2n) is 9.69. The minimum absolute atomic E-state index is 0.271. The third-order valence-electron chi connectivity index (χ3n) is 5.87. The van der Waals surface area contributed by atoms with Gasteiger partial charge in [-0.3, -0.25) is 19.3 Å². The van der Waals surface area contributed by atoms with Gasteiger partial charge in [0.05, 0.1) is 5.60 Å². The SMILES string of the molecule is CC(C)(CCOC(C)(C)CCN1C(=O)C=CC1=O)NC=O.CCC1CCCCC#CC1(F)F. The Labute approximate surface area is 196 Å². The van der Waals surface area contributed by atoms with Crippen molar-refractivity contribution in [2.75, 3.05) is 13.2 Å². The van der Waals surface area contributed by atoms with Crippen molar-refractivity contribution in [1.29, 1.82) is 0 Å². The van der Waals surface area contributed by atoms with Crippen molar-refractivity contribution in [2.45, 2.75) is 96.6 Å². The molecule has 0 aromatic rings. The number of carbonyl (C=O) groups is 3. The zero-order valence-electron chi connectivity index (χ0n) is 20.5. The number of alkyl halides is 2. The summed E-state index contributed by atoms with van der Waals surface area (Å²) in [5, 5.41) is 2.73. The molecule has 186 valence electrons. The van der Waals surface area contributed by atoms with Crippen LogP contribution in [0.4, 0.5) is 8.78 Å². The van der Waals surface area contributed by atoms with E-state index in [1.165, 1.54) is 17.1 Å². The van der Waals surface area contributed by atoms with Crippen molar-refractivity contribution in [2.24, 2.45) is 5.92 Å². The van der Waals surface area contributed by atoms with Gasteiger partial charge in [-0.1, -0.05) is 19.3 Å². The number of nitrogens with zero attached hydrogens (tertiary/aromatic N) is 1. The van der Waals surface area contributed by atoms with Gasteiger partial charge < -0.3 is 10.1 Å². The number of carbonyl (C=O) groups excluding carboxylic acids is 3. The normalized spacial score (nSPS) is 20.2. The maximum absolute atomic E-state index is 13.1. The molecular formula is C25H38F2N2O4. The first-order valence-electron chi connectivity index (χ1n) is 11.6. The van der Waals surface area contributed by atoms with Crippen LogP contribution in [-0.2, 0) is 19.1 Å². The molecule has 0 fully saturated rings. The Morgan fingerprint density at radius 1 is 1.18 bits per heavy atom. The molecule has 1 N–H and O–H groups in total. The van der Waals surface area contributed by atoms with Crippen molar-refractivity contribution >= 4 is 18.2 Å². The molecule has 0 aromatic heterocycles. The monoisotopic (exact) mass is 468 g/mol. The number of rotatable bonds is 10. The maximum Gasteiger partial charge on any atom is 0.310 e. The molecule has 0 saturated heterocycles. The fraction of sp³-hybridized carbons (Fsp3) is 0.720. The highest BCUT2D eigenvalue weighted by molar-refractivity contribution is 6.12. The first-order chi connectivity index (χ1) is 15.3. The summed E-state index contributed by atoms with van der Waals surface area (Å²) in [6.07, 6.45) is 8.14. The summed E-state index contributed by atoms with van der Waals surface area (Å²) in [5.41, 5.74) is -0.761.